The summed E-state index contributed by atoms with van der Waals surface area (Å²) in [4.78, 5) is 27.0. The lowest BCUT2D eigenvalue weighted by atomic mass is 9.79. The van der Waals surface area contributed by atoms with Gasteiger partial charge in [-0.05, 0) is 35.7 Å². The Labute approximate surface area is 161 Å². The number of halogens is 1. The molecule has 2 atom stereocenters. The minimum atomic E-state index is -0.978. The zero-order valence-electron chi connectivity index (χ0n) is 14.4. The van der Waals surface area contributed by atoms with Gasteiger partial charge in [0.2, 0.25) is 6.79 Å². The van der Waals surface area contributed by atoms with Gasteiger partial charge in [0.05, 0.1) is 6.04 Å². The van der Waals surface area contributed by atoms with Gasteiger partial charge in [-0.15, -0.1) is 11.6 Å². The Morgan fingerprint density at radius 1 is 1.19 bits per heavy atom. The van der Waals surface area contributed by atoms with Crippen molar-refractivity contribution >= 4 is 23.5 Å². The Kier molecular flexibility index (Phi) is 4.66. The summed E-state index contributed by atoms with van der Waals surface area (Å²) < 4.78 is 10.8. The second-order valence-corrected chi connectivity index (χ2v) is 6.88. The molecule has 0 saturated heterocycles. The quantitative estimate of drug-likeness (QED) is 0.795. The Bertz CT molecular complexity index is 900. The normalized spacial score (nSPS) is 20.5. The molecule has 2 aromatic rings. The molecule has 0 unspecified atom stereocenters. The van der Waals surface area contributed by atoms with E-state index < -0.39 is 17.9 Å². The van der Waals surface area contributed by atoms with E-state index >= 15 is 0 Å². The van der Waals surface area contributed by atoms with Crippen molar-refractivity contribution in [2.75, 3.05) is 19.2 Å². The molecule has 4 rings (SSSR count). The topological polar surface area (TPSA) is 76.1 Å². The van der Waals surface area contributed by atoms with Gasteiger partial charge in [-0.2, -0.15) is 0 Å². The van der Waals surface area contributed by atoms with Gasteiger partial charge in [0.25, 0.3) is 5.91 Å². The van der Waals surface area contributed by atoms with Crippen LogP contribution in [0.25, 0.3) is 0 Å². The molecular formula is C20H18ClNO5. The highest BCUT2D eigenvalue weighted by Crippen LogP contribution is 2.45. The van der Waals surface area contributed by atoms with E-state index in [4.69, 9.17) is 21.1 Å². The van der Waals surface area contributed by atoms with E-state index in [0.717, 1.165) is 0 Å². The SMILES string of the molecule is O=C(O)[C@@H]1c2ccccc2C(=O)N(CCCCl)[C@@H]1c1ccc2c(c1)OCO2. The minimum Gasteiger partial charge on any atom is -0.481 e. The molecule has 27 heavy (non-hydrogen) atoms. The molecule has 0 spiro atoms. The summed E-state index contributed by atoms with van der Waals surface area (Å²) in [5.41, 5.74) is 1.65. The van der Waals surface area contributed by atoms with E-state index in [1.807, 2.05) is 0 Å². The van der Waals surface area contributed by atoms with Gasteiger partial charge in [-0.25, -0.2) is 0 Å². The molecule has 0 saturated carbocycles. The number of amides is 1. The number of carboxylic acid groups (broad SMARTS) is 1. The summed E-state index contributed by atoms with van der Waals surface area (Å²) in [5, 5.41) is 10.0. The van der Waals surface area contributed by atoms with Crippen molar-refractivity contribution in [3.8, 4) is 11.5 Å². The molecule has 2 heterocycles. The number of ether oxygens (including phenoxy) is 2. The summed E-state index contributed by atoms with van der Waals surface area (Å²) in [7, 11) is 0. The Balaban J connectivity index is 1.86. The first-order chi connectivity index (χ1) is 13.1. The lowest BCUT2D eigenvalue weighted by Crippen LogP contribution is -2.45. The number of benzene rings is 2. The highest BCUT2D eigenvalue weighted by molar-refractivity contribution is 6.17. The summed E-state index contributed by atoms with van der Waals surface area (Å²) in [6, 6.07) is 11.6. The smallest absolute Gasteiger partial charge is 0.313 e. The summed E-state index contributed by atoms with van der Waals surface area (Å²) in [6.07, 6.45) is 0.572. The first kappa shape index (κ1) is 17.7. The number of fused-ring (bicyclic) bond motifs is 2. The maximum Gasteiger partial charge on any atom is 0.313 e. The second-order valence-electron chi connectivity index (χ2n) is 6.50. The van der Waals surface area contributed by atoms with Crippen LogP contribution in [0.4, 0.5) is 0 Å². The van der Waals surface area contributed by atoms with E-state index in [0.29, 0.717) is 47.0 Å². The molecule has 2 aliphatic rings. The van der Waals surface area contributed by atoms with Crippen molar-refractivity contribution in [2.45, 2.75) is 18.4 Å². The molecule has 0 aliphatic carbocycles. The molecule has 1 N–H and O–H groups in total. The Morgan fingerprint density at radius 3 is 2.74 bits per heavy atom. The molecule has 7 heteroatoms. The van der Waals surface area contributed by atoms with Crippen molar-refractivity contribution in [3.63, 3.8) is 0 Å². The lowest BCUT2D eigenvalue weighted by molar-refractivity contribution is -0.140. The predicted molar refractivity (Wildman–Crippen MR) is 98.5 cm³/mol. The molecule has 2 aliphatic heterocycles. The van der Waals surface area contributed by atoms with Crippen molar-refractivity contribution in [3.05, 3.63) is 59.2 Å². The van der Waals surface area contributed by atoms with E-state index in [-0.39, 0.29) is 12.7 Å². The van der Waals surface area contributed by atoms with Crippen LogP contribution in [0, 0.1) is 0 Å². The zero-order chi connectivity index (χ0) is 19.0. The number of nitrogens with zero attached hydrogens (tertiary/aromatic N) is 1. The number of carboxylic acids is 1. The minimum absolute atomic E-state index is 0.129. The van der Waals surface area contributed by atoms with E-state index in [1.54, 1.807) is 47.4 Å². The third-order valence-electron chi connectivity index (χ3n) is 4.98. The van der Waals surface area contributed by atoms with Gasteiger partial charge >= 0.3 is 5.97 Å². The van der Waals surface area contributed by atoms with E-state index in [1.165, 1.54) is 0 Å². The molecule has 0 radical (unpaired) electrons. The number of carbonyl (C=O) groups is 2. The van der Waals surface area contributed by atoms with Crippen LogP contribution in [0.1, 0.15) is 39.9 Å². The first-order valence-corrected chi connectivity index (χ1v) is 9.23. The van der Waals surface area contributed by atoms with Gasteiger partial charge in [0, 0.05) is 18.0 Å². The van der Waals surface area contributed by atoms with Gasteiger partial charge in [0.1, 0.15) is 5.92 Å². The molecule has 2 aromatic carbocycles. The molecule has 0 bridgehead atoms. The number of alkyl halides is 1. The van der Waals surface area contributed by atoms with Crippen LogP contribution < -0.4 is 9.47 Å². The highest BCUT2D eigenvalue weighted by atomic mass is 35.5. The number of carbonyl (C=O) groups excluding carboxylic acids is 1. The molecular weight excluding hydrogens is 370 g/mol. The van der Waals surface area contributed by atoms with Crippen molar-refractivity contribution < 1.29 is 24.2 Å². The Hall–Kier alpha value is -2.73. The third kappa shape index (κ3) is 3.00. The number of hydrogen-bond donors (Lipinski definition) is 1. The maximum absolute atomic E-state index is 13.1. The number of hydrogen-bond acceptors (Lipinski definition) is 4. The molecule has 1 amide bonds. The summed E-state index contributed by atoms with van der Waals surface area (Å²) in [6.45, 7) is 0.503. The predicted octanol–water partition coefficient (Wildman–Crippen LogP) is 3.41. The van der Waals surface area contributed by atoms with Crippen LogP contribution >= 0.6 is 11.6 Å². The van der Waals surface area contributed by atoms with Gasteiger partial charge in [0.15, 0.2) is 11.5 Å². The van der Waals surface area contributed by atoms with Crippen LogP contribution in [0.15, 0.2) is 42.5 Å². The third-order valence-corrected chi connectivity index (χ3v) is 5.24. The van der Waals surface area contributed by atoms with Crippen LogP contribution in [0.3, 0.4) is 0 Å². The lowest BCUT2D eigenvalue weighted by Gasteiger charge is -2.40. The largest absolute Gasteiger partial charge is 0.481 e. The molecule has 0 fully saturated rings. The molecule has 140 valence electrons. The molecule has 6 nitrogen and oxygen atoms in total. The van der Waals surface area contributed by atoms with E-state index in [9.17, 15) is 14.7 Å². The van der Waals surface area contributed by atoms with Crippen molar-refractivity contribution in [1.29, 1.82) is 0 Å². The fraction of sp³-hybridized carbons (Fsp3) is 0.300. The zero-order valence-corrected chi connectivity index (χ0v) is 15.2. The van der Waals surface area contributed by atoms with Gasteiger partial charge < -0.3 is 19.5 Å². The average molecular weight is 388 g/mol. The standard InChI is InChI=1S/C20H18ClNO5/c21-8-3-9-22-18(12-6-7-15-16(10-12)27-11-26-15)17(20(24)25)13-4-1-2-5-14(13)19(22)23/h1-2,4-7,10,17-18H,3,8-9,11H2,(H,24,25)/t17-,18-/m1/s1. The van der Waals surface area contributed by atoms with Crippen LogP contribution in [-0.4, -0.2) is 41.1 Å². The van der Waals surface area contributed by atoms with Gasteiger partial charge in [-0.1, -0.05) is 24.3 Å². The Morgan fingerprint density at radius 2 is 1.96 bits per heavy atom. The van der Waals surface area contributed by atoms with Crippen molar-refractivity contribution in [1.82, 2.24) is 4.90 Å². The van der Waals surface area contributed by atoms with Crippen LogP contribution in [0.2, 0.25) is 0 Å². The summed E-state index contributed by atoms with van der Waals surface area (Å²) >= 11 is 5.85. The van der Waals surface area contributed by atoms with Crippen LogP contribution in [-0.2, 0) is 4.79 Å². The van der Waals surface area contributed by atoms with Crippen LogP contribution in [0.5, 0.6) is 11.5 Å². The maximum atomic E-state index is 13.1. The van der Waals surface area contributed by atoms with Gasteiger partial charge in [-0.3, -0.25) is 9.59 Å². The average Bonchev–Trinajstić information content (AvgIpc) is 3.14. The fourth-order valence-electron chi connectivity index (χ4n) is 3.80. The van der Waals surface area contributed by atoms with E-state index in [2.05, 4.69) is 0 Å². The second kappa shape index (κ2) is 7.12. The number of aliphatic carboxylic acids is 1. The molecule has 0 aromatic heterocycles. The first-order valence-electron chi connectivity index (χ1n) is 8.70. The monoisotopic (exact) mass is 387 g/mol. The summed E-state index contributed by atoms with van der Waals surface area (Å²) in [5.74, 6) is -0.489. The van der Waals surface area contributed by atoms with Crippen molar-refractivity contribution in [2.24, 2.45) is 0 Å². The highest BCUT2D eigenvalue weighted by Gasteiger charge is 2.44. The fourth-order valence-corrected chi connectivity index (χ4v) is 3.92. The number of rotatable bonds is 5.